The molecule has 0 N–H and O–H groups in total. The van der Waals surface area contributed by atoms with Gasteiger partial charge in [-0.25, -0.2) is 0 Å². The van der Waals surface area contributed by atoms with Crippen LogP contribution >= 0.6 is 27.3 Å². The maximum Gasteiger partial charge on any atom is 0.264 e. The van der Waals surface area contributed by atoms with Crippen molar-refractivity contribution < 1.29 is 4.79 Å². The van der Waals surface area contributed by atoms with Crippen LogP contribution in [0.3, 0.4) is 0 Å². The summed E-state index contributed by atoms with van der Waals surface area (Å²) in [6, 6.07) is 10.3. The van der Waals surface area contributed by atoms with Crippen LogP contribution in [0.5, 0.6) is 0 Å². The van der Waals surface area contributed by atoms with Crippen LogP contribution < -0.4 is 4.90 Å². The highest BCUT2D eigenvalue weighted by atomic mass is 79.9. The number of carbonyl (C=O) groups excluding carboxylic acids is 1. The molecule has 1 aromatic heterocycles. The second-order valence-corrected chi connectivity index (χ2v) is 7.02. The molecule has 5 heteroatoms. The minimum Gasteiger partial charge on any atom is -0.368 e. The molecule has 1 aliphatic rings. The van der Waals surface area contributed by atoms with Gasteiger partial charge in [-0.05, 0) is 40.5 Å². The summed E-state index contributed by atoms with van der Waals surface area (Å²) >= 11 is 4.90. The molecule has 1 fully saturated rings. The van der Waals surface area contributed by atoms with Gasteiger partial charge in [0.15, 0.2) is 0 Å². The van der Waals surface area contributed by atoms with E-state index in [9.17, 15) is 4.79 Å². The molecule has 110 valence electrons. The maximum absolute atomic E-state index is 12.4. The Morgan fingerprint density at radius 2 is 1.90 bits per heavy atom. The zero-order valence-corrected chi connectivity index (χ0v) is 14.3. The second-order valence-electron chi connectivity index (χ2n) is 5.19. The highest BCUT2D eigenvalue weighted by molar-refractivity contribution is 9.10. The van der Waals surface area contributed by atoms with E-state index in [1.54, 1.807) is 0 Å². The largest absolute Gasteiger partial charge is 0.368 e. The number of hydrogen-bond donors (Lipinski definition) is 0. The van der Waals surface area contributed by atoms with E-state index in [2.05, 4.69) is 52.0 Å². The van der Waals surface area contributed by atoms with Crippen LogP contribution in [-0.2, 0) is 0 Å². The van der Waals surface area contributed by atoms with Crippen LogP contribution in [-0.4, -0.2) is 37.0 Å². The molecular formula is C16H17BrN2OS. The Balaban J connectivity index is 1.65. The number of piperazine rings is 1. The minimum absolute atomic E-state index is 0.148. The molecule has 0 spiro atoms. The van der Waals surface area contributed by atoms with E-state index in [0.717, 1.165) is 35.5 Å². The molecule has 1 amide bonds. The Morgan fingerprint density at radius 1 is 1.19 bits per heavy atom. The van der Waals surface area contributed by atoms with Gasteiger partial charge in [-0.3, -0.25) is 4.79 Å². The lowest BCUT2D eigenvalue weighted by atomic mass is 10.1. The third-order valence-corrected chi connectivity index (χ3v) is 5.48. The highest BCUT2D eigenvalue weighted by Crippen LogP contribution is 2.24. The summed E-state index contributed by atoms with van der Waals surface area (Å²) in [6.45, 7) is 5.48. The van der Waals surface area contributed by atoms with E-state index >= 15 is 0 Å². The number of benzene rings is 1. The second kappa shape index (κ2) is 6.20. The SMILES string of the molecule is Cc1ccccc1N1CCN(C(=O)c2cc(Br)cs2)CC1. The molecule has 0 bridgehead atoms. The monoisotopic (exact) mass is 364 g/mol. The first kappa shape index (κ1) is 14.6. The fraction of sp³-hybridized carbons (Fsp3) is 0.312. The summed E-state index contributed by atoms with van der Waals surface area (Å²) < 4.78 is 0.981. The van der Waals surface area contributed by atoms with Crippen molar-refractivity contribution >= 4 is 38.9 Å². The zero-order chi connectivity index (χ0) is 14.8. The van der Waals surface area contributed by atoms with Crippen LogP contribution in [0.25, 0.3) is 0 Å². The Labute approximate surface area is 137 Å². The molecular weight excluding hydrogens is 348 g/mol. The van der Waals surface area contributed by atoms with Crippen LogP contribution in [0.15, 0.2) is 40.2 Å². The minimum atomic E-state index is 0.148. The van der Waals surface area contributed by atoms with Gasteiger partial charge < -0.3 is 9.80 Å². The number of aryl methyl sites for hydroxylation is 1. The van der Waals surface area contributed by atoms with Gasteiger partial charge in [-0.2, -0.15) is 0 Å². The van der Waals surface area contributed by atoms with Gasteiger partial charge >= 0.3 is 0 Å². The molecule has 1 aromatic carbocycles. The van der Waals surface area contributed by atoms with Crippen molar-refractivity contribution in [2.24, 2.45) is 0 Å². The van der Waals surface area contributed by atoms with E-state index in [1.807, 2.05) is 16.3 Å². The molecule has 21 heavy (non-hydrogen) atoms. The Kier molecular flexibility index (Phi) is 4.31. The number of thiophene rings is 1. The predicted molar refractivity (Wildman–Crippen MR) is 91.3 cm³/mol. The van der Waals surface area contributed by atoms with Crippen molar-refractivity contribution in [1.29, 1.82) is 0 Å². The van der Waals surface area contributed by atoms with Gasteiger partial charge in [-0.15, -0.1) is 11.3 Å². The zero-order valence-electron chi connectivity index (χ0n) is 11.9. The van der Waals surface area contributed by atoms with Crippen LogP contribution in [0.4, 0.5) is 5.69 Å². The van der Waals surface area contributed by atoms with Crippen LogP contribution in [0.2, 0.25) is 0 Å². The fourth-order valence-electron chi connectivity index (χ4n) is 2.65. The first-order chi connectivity index (χ1) is 10.1. The maximum atomic E-state index is 12.4. The molecule has 1 aliphatic heterocycles. The van der Waals surface area contributed by atoms with Gasteiger partial charge in [0.1, 0.15) is 0 Å². The third-order valence-electron chi connectivity index (χ3n) is 3.80. The standard InChI is InChI=1S/C16H17BrN2OS/c1-12-4-2-3-5-14(12)18-6-8-19(9-7-18)16(20)15-10-13(17)11-21-15/h2-5,10-11H,6-9H2,1H3. The van der Waals surface area contributed by atoms with Gasteiger partial charge in [0.25, 0.3) is 5.91 Å². The lowest BCUT2D eigenvalue weighted by molar-refractivity contribution is 0.0751. The number of halogens is 1. The van der Waals surface area contributed by atoms with Crippen molar-refractivity contribution in [3.8, 4) is 0 Å². The van der Waals surface area contributed by atoms with Gasteiger partial charge in [0.2, 0.25) is 0 Å². The summed E-state index contributed by atoms with van der Waals surface area (Å²) in [7, 11) is 0. The number of carbonyl (C=O) groups is 1. The summed E-state index contributed by atoms with van der Waals surface area (Å²) in [6.07, 6.45) is 0. The first-order valence-corrected chi connectivity index (χ1v) is 8.66. The van der Waals surface area contributed by atoms with Crippen molar-refractivity contribution in [3.63, 3.8) is 0 Å². The van der Waals surface area contributed by atoms with E-state index in [0.29, 0.717) is 0 Å². The van der Waals surface area contributed by atoms with E-state index in [1.165, 1.54) is 22.6 Å². The first-order valence-electron chi connectivity index (χ1n) is 6.99. The molecule has 3 rings (SSSR count). The van der Waals surface area contributed by atoms with Crippen LogP contribution in [0, 0.1) is 6.92 Å². The normalized spacial score (nSPS) is 15.3. The average molecular weight is 365 g/mol. The van der Waals surface area contributed by atoms with Gasteiger partial charge in [0, 0.05) is 41.7 Å². The number of hydrogen-bond acceptors (Lipinski definition) is 3. The molecule has 1 saturated heterocycles. The Hall–Kier alpha value is -1.33. The molecule has 2 aromatic rings. The summed E-state index contributed by atoms with van der Waals surface area (Å²) in [5, 5.41) is 1.96. The summed E-state index contributed by atoms with van der Waals surface area (Å²) in [5.74, 6) is 0.148. The predicted octanol–water partition coefficient (Wildman–Crippen LogP) is 3.78. The Morgan fingerprint density at radius 3 is 2.52 bits per heavy atom. The number of rotatable bonds is 2. The topological polar surface area (TPSA) is 23.6 Å². The summed E-state index contributed by atoms with van der Waals surface area (Å²) in [4.78, 5) is 17.5. The molecule has 2 heterocycles. The lowest BCUT2D eigenvalue weighted by Crippen LogP contribution is -2.48. The molecule has 0 radical (unpaired) electrons. The molecule has 3 nitrogen and oxygen atoms in total. The molecule has 0 unspecified atom stereocenters. The lowest BCUT2D eigenvalue weighted by Gasteiger charge is -2.36. The van der Waals surface area contributed by atoms with Crippen LogP contribution in [0.1, 0.15) is 15.2 Å². The Bertz CT molecular complexity index is 647. The smallest absolute Gasteiger partial charge is 0.264 e. The van der Waals surface area contributed by atoms with Crippen molar-refractivity contribution in [2.45, 2.75) is 6.92 Å². The highest BCUT2D eigenvalue weighted by Gasteiger charge is 2.23. The van der Waals surface area contributed by atoms with Crippen molar-refractivity contribution in [3.05, 3.63) is 50.6 Å². The van der Waals surface area contributed by atoms with Crippen molar-refractivity contribution in [2.75, 3.05) is 31.1 Å². The number of anilines is 1. The molecule has 0 aliphatic carbocycles. The molecule has 0 saturated carbocycles. The number of nitrogens with zero attached hydrogens (tertiary/aromatic N) is 2. The summed E-state index contributed by atoms with van der Waals surface area (Å²) in [5.41, 5.74) is 2.57. The van der Waals surface area contributed by atoms with Gasteiger partial charge in [0.05, 0.1) is 4.88 Å². The van der Waals surface area contributed by atoms with E-state index in [-0.39, 0.29) is 5.91 Å². The number of amides is 1. The van der Waals surface area contributed by atoms with E-state index in [4.69, 9.17) is 0 Å². The third kappa shape index (κ3) is 3.14. The fourth-order valence-corrected chi connectivity index (χ4v) is 4.04. The average Bonchev–Trinajstić information content (AvgIpc) is 2.94. The number of para-hydroxylation sites is 1. The molecule has 0 atom stereocenters. The van der Waals surface area contributed by atoms with E-state index < -0.39 is 0 Å². The van der Waals surface area contributed by atoms with Crippen molar-refractivity contribution in [1.82, 2.24) is 4.90 Å². The van der Waals surface area contributed by atoms with Gasteiger partial charge in [-0.1, -0.05) is 18.2 Å². The quantitative estimate of drug-likeness (QED) is 0.809.